The van der Waals surface area contributed by atoms with Gasteiger partial charge in [-0.3, -0.25) is 9.48 Å². The highest BCUT2D eigenvalue weighted by Crippen LogP contribution is 2.36. The molecule has 1 saturated heterocycles. The second kappa shape index (κ2) is 5.96. The molecule has 1 amide bonds. The summed E-state index contributed by atoms with van der Waals surface area (Å²) in [6.07, 6.45) is 2.38. The van der Waals surface area contributed by atoms with Crippen LogP contribution in [0.1, 0.15) is 35.0 Å². The molecule has 0 spiro atoms. The van der Waals surface area contributed by atoms with Crippen LogP contribution in [0.3, 0.4) is 0 Å². The summed E-state index contributed by atoms with van der Waals surface area (Å²) < 4.78 is 25.4. The first-order valence-electron chi connectivity index (χ1n) is 8.34. The van der Waals surface area contributed by atoms with E-state index in [1.807, 2.05) is 19.9 Å². The molecule has 1 atom stereocenters. The molecule has 0 unspecified atom stereocenters. The van der Waals surface area contributed by atoms with Crippen LogP contribution in [0, 0.1) is 13.8 Å². The first-order valence-corrected chi connectivity index (χ1v) is 10.5. The van der Waals surface area contributed by atoms with Crippen molar-refractivity contribution in [3.63, 3.8) is 0 Å². The molecule has 6 nitrogen and oxygen atoms in total. The molecule has 0 bridgehead atoms. The second-order valence-corrected chi connectivity index (χ2v) is 9.45. The Morgan fingerprint density at radius 1 is 1.35 bits per heavy atom. The second-order valence-electron chi connectivity index (χ2n) is 6.79. The number of sulfone groups is 1. The average Bonchev–Trinajstić information content (AvgIpc) is 3.17. The van der Waals surface area contributed by atoms with Crippen molar-refractivity contribution < 1.29 is 13.2 Å². The van der Waals surface area contributed by atoms with E-state index in [4.69, 9.17) is 11.6 Å². The van der Waals surface area contributed by atoms with E-state index in [0.29, 0.717) is 17.0 Å². The van der Waals surface area contributed by atoms with Gasteiger partial charge in [0.2, 0.25) is 0 Å². The normalized spacial score (nSPS) is 22.7. The number of aromatic nitrogens is 2. The summed E-state index contributed by atoms with van der Waals surface area (Å²) in [7, 11) is -2.99. The number of fused-ring (bicyclic) bond motifs is 1. The lowest BCUT2D eigenvalue weighted by Crippen LogP contribution is -2.14. The molecule has 3 heterocycles. The summed E-state index contributed by atoms with van der Waals surface area (Å²) in [5.74, 6) is 0.127. The van der Waals surface area contributed by atoms with Gasteiger partial charge in [-0.1, -0.05) is 11.6 Å². The van der Waals surface area contributed by atoms with Crippen LogP contribution in [-0.2, 0) is 14.6 Å². The number of hydrogen-bond donors (Lipinski definition) is 1. The van der Waals surface area contributed by atoms with Crippen LogP contribution in [0.25, 0.3) is 11.6 Å². The summed E-state index contributed by atoms with van der Waals surface area (Å²) in [6.45, 7) is 3.77. The summed E-state index contributed by atoms with van der Waals surface area (Å²) >= 11 is 6.08. The van der Waals surface area contributed by atoms with Crippen LogP contribution in [-0.4, -0.2) is 35.6 Å². The highest BCUT2D eigenvalue weighted by atomic mass is 35.5. The smallest absolute Gasteiger partial charge is 0.256 e. The first-order chi connectivity index (χ1) is 12.2. The molecule has 0 aliphatic carbocycles. The van der Waals surface area contributed by atoms with Crippen LogP contribution in [0.15, 0.2) is 18.2 Å². The number of rotatable bonds is 2. The van der Waals surface area contributed by atoms with E-state index in [-0.39, 0.29) is 23.5 Å². The Morgan fingerprint density at radius 2 is 2.12 bits per heavy atom. The maximum Gasteiger partial charge on any atom is 0.256 e. The molecule has 1 aromatic carbocycles. The molecule has 2 aliphatic rings. The minimum atomic E-state index is -2.99. The zero-order valence-electron chi connectivity index (χ0n) is 14.4. The van der Waals surface area contributed by atoms with Gasteiger partial charge in [0.05, 0.1) is 23.2 Å². The third-order valence-electron chi connectivity index (χ3n) is 4.99. The highest BCUT2D eigenvalue weighted by molar-refractivity contribution is 7.91. The fraction of sp³-hybridized carbons (Fsp3) is 0.333. The van der Waals surface area contributed by atoms with Gasteiger partial charge in [0, 0.05) is 33.1 Å². The monoisotopic (exact) mass is 391 g/mol. The summed E-state index contributed by atoms with van der Waals surface area (Å²) in [5.41, 5.74) is 4.50. The standard InChI is InChI=1S/C18H18ClN3O3S/c1-10-14(11(2)22(21-10)13-5-6-26(24,25)9-13)8-16-15-7-12(19)3-4-17(15)20-18(16)23/h3-4,7-8,13H,5-6,9H2,1-2H3,(H,20,23)/b16-8-/t13-/m1/s1. The van der Waals surface area contributed by atoms with Crippen molar-refractivity contribution in [3.05, 3.63) is 45.7 Å². The molecule has 26 heavy (non-hydrogen) atoms. The van der Waals surface area contributed by atoms with Gasteiger partial charge in [-0.25, -0.2) is 8.42 Å². The number of carbonyl (C=O) groups excluding carboxylic acids is 1. The molecule has 4 rings (SSSR count). The number of nitrogens with one attached hydrogen (secondary N) is 1. The van der Waals surface area contributed by atoms with E-state index in [1.54, 1.807) is 22.9 Å². The average molecular weight is 392 g/mol. The lowest BCUT2D eigenvalue weighted by Gasteiger charge is -2.11. The van der Waals surface area contributed by atoms with Crippen LogP contribution >= 0.6 is 11.6 Å². The Bertz CT molecular complexity index is 1070. The SMILES string of the molecule is Cc1nn([C@@H]2CCS(=O)(=O)C2)c(C)c1/C=C1\C(=O)Nc2ccc(Cl)cc21. The Hall–Kier alpha value is -2.12. The molecule has 1 fully saturated rings. The Labute approximate surface area is 156 Å². The van der Waals surface area contributed by atoms with Crippen molar-refractivity contribution in [1.82, 2.24) is 9.78 Å². The summed E-state index contributed by atoms with van der Waals surface area (Å²) in [6, 6.07) is 5.13. The maximum absolute atomic E-state index is 12.4. The van der Waals surface area contributed by atoms with E-state index in [2.05, 4.69) is 10.4 Å². The van der Waals surface area contributed by atoms with Crippen LogP contribution < -0.4 is 5.32 Å². The molecule has 0 radical (unpaired) electrons. The lowest BCUT2D eigenvalue weighted by molar-refractivity contribution is -0.110. The predicted molar refractivity (Wildman–Crippen MR) is 102 cm³/mol. The molecule has 0 saturated carbocycles. The number of carbonyl (C=O) groups is 1. The molecular formula is C18H18ClN3O3S. The van der Waals surface area contributed by atoms with E-state index < -0.39 is 9.84 Å². The molecular weight excluding hydrogens is 374 g/mol. The quantitative estimate of drug-likeness (QED) is 0.798. The van der Waals surface area contributed by atoms with Gasteiger partial charge in [-0.2, -0.15) is 5.10 Å². The predicted octanol–water partition coefficient (Wildman–Crippen LogP) is 3.01. The summed E-state index contributed by atoms with van der Waals surface area (Å²) in [5, 5.41) is 7.94. The number of halogens is 1. The Kier molecular flexibility index (Phi) is 3.96. The third-order valence-corrected chi connectivity index (χ3v) is 6.97. The number of anilines is 1. The van der Waals surface area contributed by atoms with Crippen molar-refractivity contribution >= 4 is 44.7 Å². The topological polar surface area (TPSA) is 81.1 Å². The van der Waals surface area contributed by atoms with Crippen molar-refractivity contribution in [1.29, 1.82) is 0 Å². The van der Waals surface area contributed by atoms with E-state index >= 15 is 0 Å². The van der Waals surface area contributed by atoms with Gasteiger partial charge in [0.1, 0.15) is 0 Å². The Morgan fingerprint density at radius 3 is 2.81 bits per heavy atom. The third kappa shape index (κ3) is 2.85. The number of amides is 1. The van der Waals surface area contributed by atoms with E-state index in [1.165, 1.54) is 0 Å². The fourth-order valence-corrected chi connectivity index (χ4v) is 5.52. The van der Waals surface area contributed by atoms with Crippen molar-refractivity contribution in [2.75, 3.05) is 16.8 Å². The zero-order chi connectivity index (χ0) is 18.6. The number of aryl methyl sites for hydroxylation is 1. The number of benzene rings is 1. The van der Waals surface area contributed by atoms with Gasteiger partial charge in [-0.05, 0) is 44.5 Å². The molecule has 136 valence electrons. The van der Waals surface area contributed by atoms with Crippen molar-refractivity contribution in [3.8, 4) is 0 Å². The van der Waals surface area contributed by atoms with Gasteiger partial charge in [0.15, 0.2) is 9.84 Å². The molecule has 2 aliphatic heterocycles. The molecule has 8 heteroatoms. The fourth-order valence-electron chi connectivity index (χ4n) is 3.66. The van der Waals surface area contributed by atoms with Crippen LogP contribution in [0.2, 0.25) is 5.02 Å². The molecule has 2 aromatic rings. The van der Waals surface area contributed by atoms with Gasteiger partial charge in [0.25, 0.3) is 5.91 Å². The first kappa shape index (κ1) is 17.3. The van der Waals surface area contributed by atoms with Gasteiger partial charge >= 0.3 is 0 Å². The highest BCUT2D eigenvalue weighted by Gasteiger charge is 2.32. The number of nitrogens with zero attached hydrogens (tertiary/aromatic N) is 2. The summed E-state index contributed by atoms with van der Waals surface area (Å²) in [4.78, 5) is 12.4. The molecule has 1 N–H and O–H groups in total. The van der Waals surface area contributed by atoms with Crippen LogP contribution in [0.5, 0.6) is 0 Å². The van der Waals surface area contributed by atoms with E-state index in [0.717, 1.165) is 28.2 Å². The minimum Gasteiger partial charge on any atom is -0.321 e. The minimum absolute atomic E-state index is 0.115. The maximum atomic E-state index is 12.4. The van der Waals surface area contributed by atoms with Crippen LogP contribution in [0.4, 0.5) is 5.69 Å². The zero-order valence-corrected chi connectivity index (χ0v) is 16.0. The Balaban J connectivity index is 1.78. The van der Waals surface area contributed by atoms with Gasteiger partial charge < -0.3 is 5.32 Å². The lowest BCUT2D eigenvalue weighted by atomic mass is 10.0. The molecule has 1 aromatic heterocycles. The van der Waals surface area contributed by atoms with Crippen molar-refractivity contribution in [2.45, 2.75) is 26.3 Å². The van der Waals surface area contributed by atoms with E-state index in [9.17, 15) is 13.2 Å². The van der Waals surface area contributed by atoms with Gasteiger partial charge in [-0.15, -0.1) is 0 Å². The van der Waals surface area contributed by atoms with Crippen molar-refractivity contribution in [2.24, 2.45) is 0 Å². The number of hydrogen-bond acceptors (Lipinski definition) is 4. The largest absolute Gasteiger partial charge is 0.321 e.